The minimum Gasteiger partial charge on any atom is -0.449 e. The highest BCUT2D eigenvalue weighted by molar-refractivity contribution is 5.79. The highest BCUT2D eigenvalue weighted by atomic mass is 16.5. The third kappa shape index (κ3) is 4.80. The Kier molecular flexibility index (Phi) is 6.57. The van der Waals surface area contributed by atoms with E-state index < -0.39 is 18.3 Å². The van der Waals surface area contributed by atoms with E-state index in [1.807, 2.05) is 54.6 Å². The predicted molar refractivity (Wildman–Crippen MR) is 134 cm³/mol. The number of ether oxygens (including phenoxy) is 1. The summed E-state index contributed by atoms with van der Waals surface area (Å²) in [7, 11) is 0. The minimum atomic E-state index is -1.18. The zero-order valence-corrected chi connectivity index (χ0v) is 19.0. The van der Waals surface area contributed by atoms with Gasteiger partial charge in [-0.05, 0) is 39.9 Å². The van der Waals surface area contributed by atoms with Crippen molar-refractivity contribution in [2.45, 2.75) is 18.1 Å². The summed E-state index contributed by atoms with van der Waals surface area (Å²) in [5, 5.41) is 23.5. The standard InChI is InChI=1S/C29H26N2O4/c32-27(28(33)20-14-12-19(13-15-20)26-11-5-6-16-30-26)17-31-29(34)35-18-25-23-9-3-1-7-21(23)22-8-2-4-10-24(22)25/h1-16,25,27-28,32-33H,17-18H2,(H,31,34). The van der Waals surface area contributed by atoms with Gasteiger partial charge in [0.15, 0.2) is 0 Å². The van der Waals surface area contributed by atoms with Crippen molar-refractivity contribution >= 4 is 6.09 Å². The fourth-order valence-electron chi connectivity index (χ4n) is 4.56. The monoisotopic (exact) mass is 466 g/mol. The quantitative estimate of drug-likeness (QED) is 0.368. The van der Waals surface area contributed by atoms with Crippen LogP contribution in [-0.2, 0) is 4.74 Å². The number of amides is 1. The molecule has 3 N–H and O–H groups in total. The normalized spacial score (nSPS) is 14.0. The summed E-state index contributed by atoms with van der Waals surface area (Å²) in [5.74, 6) is -0.0405. The fraction of sp³-hybridized carbons (Fsp3) is 0.172. The van der Waals surface area contributed by atoms with Gasteiger partial charge >= 0.3 is 6.09 Å². The number of carbonyl (C=O) groups excluding carboxylic acids is 1. The molecule has 0 aliphatic heterocycles. The maximum atomic E-state index is 12.4. The Morgan fingerprint density at radius 2 is 1.49 bits per heavy atom. The molecule has 0 fully saturated rings. The van der Waals surface area contributed by atoms with Crippen LogP contribution in [0.5, 0.6) is 0 Å². The van der Waals surface area contributed by atoms with Crippen molar-refractivity contribution in [3.63, 3.8) is 0 Å². The van der Waals surface area contributed by atoms with Crippen molar-refractivity contribution in [3.05, 3.63) is 114 Å². The molecule has 0 bridgehead atoms. The number of aliphatic hydroxyl groups excluding tert-OH is 2. The van der Waals surface area contributed by atoms with Crippen molar-refractivity contribution in [3.8, 4) is 22.4 Å². The molecule has 6 heteroatoms. The van der Waals surface area contributed by atoms with Crippen LogP contribution in [0.4, 0.5) is 4.79 Å². The van der Waals surface area contributed by atoms with Gasteiger partial charge in [0.1, 0.15) is 18.8 Å². The van der Waals surface area contributed by atoms with Crippen LogP contribution < -0.4 is 5.32 Å². The highest BCUT2D eigenvalue weighted by Gasteiger charge is 2.29. The van der Waals surface area contributed by atoms with Crippen LogP contribution in [-0.4, -0.2) is 40.5 Å². The summed E-state index contributed by atoms with van der Waals surface area (Å²) >= 11 is 0. The molecule has 0 radical (unpaired) electrons. The lowest BCUT2D eigenvalue weighted by molar-refractivity contribution is 0.0185. The van der Waals surface area contributed by atoms with Crippen LogP contribution in [0.3, 0.4) is 0 Å². The van der Waals surface area contributed by atoms with E-state index >= 15 is 0 Å². The number of carbonyl (C=O) groups is 1. The molecule has 1 aromatic heterocycles. The molecule has 1 heterocycles. The zero-order valence-electron chi connectivity index (χ0n) is 19.0. The number of nitrogens with one attached hydrogen (secondary N) is 1. The van der Waals surface area contributed by atoms with Gasteiger partial charge in [0, 0.05) is 24.2 Å². The molecule has 1 amide bonds. The van der Waals surface area contributed by atoms with Gasteiger partial charge in [-0.1, -0.05) is 78.9 Å². The average Bonchev–Trinajstić information content (AvgIpc) is 3.24. The first kappa shape index (κ1) is 22.8. The molecule has 0 spiro atoms. The topological polar surface area (TPSA) is 91.7 Å². The van der Waals surface area contributed by atoms with Gasteiger partial charge in [-0.15, -0.1) is 0 Å². The summed E-state index contributed by atoms with van der Waals surface area (Å²) in [5.41, 5.74) is 6.86. The Labute approximate surface area is 203 Å². The van der Waals surface area contributed by atoms with Gasteiger partial charge in [-0.3, -0.25) is 4.98 Å². The van der Waals surface area contributed by atoms with Crippen LogP contribution in [0, 0.1) is 0 Å². The van der Waals surface area contributed by atoms with Gasteiger partial charge in [0.2, 0.25) is 0 Å². The molecule has 4 aromatic rings. The lowest BCUT2D eigenvalue weighted by Gasteiger charge is -2.19. The van der Waals surface area contributed by atoms with Gasteiger partial charge in [-0.2, -0.15) is 0 Å². The molecule has 0 saturated heterocycles. The second kappa shape index (κ2) is 10.1. The van der Waals surface area contributed by atoms with E-state index in [1.54, 1.807) is 18.3 Å². The largest absolute Gasteiger partial charge is 0.449 e. The third-order valence-corrected chi connectivity index (χ3v) is 6.38. The number of benzene rings is 3. The molecule has 176 valence electrons. The first-order valence-electron chi connectivity index (χ1n) is 11.6. The van der Waals surface area contributed by atoms with Gasteiger partial charge in [0.25, 0.3) is 0 Å². The number of hydrogen-bond acceptors (Lipinski definition) is 5. The average molecular weight is 467 g/mol. The number of aromatic nitrogens is 1. The van der Waals surface area contributed by atoms with E-state index in [2.05, 4.69) is 34.6 Å². The van der Waals surface area contributed by atoms with E-state index in [0.717, 1.165) is 33.5 Å². The first-order chi connectivity index (χ1) is 17.1. The van der Waals surface area contributed by atoms with Crippen LogP contribution in [0.15, 0.2) is 97.2 Å². The summed E-state index contributed by atoms with van der Waals surface area (Å²) in [6.45, 7) is 0.0489. The molecule has 3 aromatic carbocycles. The molecular weight excluding hydrogens is 440 g/mol. The van der Waals surface area contributed by atoms with Crippen LogP contribution >= 0.6 is 0 Å². The molecule has 0 saturated carbocycles. The fourth-order valence-corrected chi connectivity index (χ4v) is 4.56. The molecule has 2 unspecified atom stereocenters. The minimum absolute atomic E-state index is 0.0405. The maximum absolute atomic E-state index is 12.4. The second-order valence-corrected chi connectivity index (χ2v) is 8.56. The Bertz CT molecular complexity index is 1260. The van der Waals surface area contributed by atoms with E-state index in [-0.39, 0.29) is 19.1 Å². The Morgan fingerprint density at radius 3 is 2.11 bits per heavy atom. The second-order valence-electron chi connectivity index (χ2n) is 8.56. The Balaban J connectivity index is 1.15. The van der Waals surface area contributed by atoms with E-state index in [4.69, 9.17) is 4.74 Å². The van der Waals surface area contributed by atoms with Gasteiger partial charge in [-0.25, -0.2) is 4.79 Å². The zero-order chi connectivity index (χ0) is 24.2. The lowest BCUT2D eigenvalue weighted by Crippen LogP contribution is -2.36. The molecule has 1 aliphatic carbocycles. The number of rotatable bonds is 7. The van der Waals surface area contributed by atoms with Gasteiger partial charge in [0.05, 0.1) is 5.69 Å². The highest BCUT2D eigenvalue weighted by Crippen LogP contribution is 2.44. The summed E-state index contributed by atoms with van der Waals surface area (Å²) < 4.78 is 5.49. The van der Waals surface area contributed by atoms with Crippen molar-refractivity contribution in [2.75, 3.05) is 13.2 Å². The lowest BCUT2D eigenvalue weighted by atomic mass is 9.98. The molecule has 6 nitrogen and oxygen atoms in total. The number of pyridine rings is 1. The molecule has 2 atom stereocenters. The molecule has 1 aliphatic rings. The SMILES string of the molecule is O=C(NCC(O)C(O)c1ccc(-c2ccccn2)cc1)OCC1c2ccccc2-c2ccccc21. The number of fused-ring (bicyclic) bond motifs is 3. The number of alkyl carbamates (subject to hydrolysis) is 1. The van der Waals surface area contributed by atoms with Crippen molar-refractivity contribution in [1.82, 2.24) is 10.3 Å². The molecule has 35 heavy (non-hydrogen) atoms. The van der Waals surface area contributed by atoms with E-state index in [9.17, 15) is 15.0 Å². The predicted octanol–water partition coefficient (Wildman–Crippen LogP) is 4.68. The first-order valence-corrected chi connectivity index (χ1v) is 11.6. The Morgan fingerprint density at radius 1 is 0.857 bits per heavy atom. The van der Waals surface area contributed by atoms with Crippen molar-refractivity contribution in [2.24, 2.45) is 0 Å². The summed E-state index contributed by atoms with van der Waals surface area (Å²) in [4.78, 5) is 16.7. The smallest absolute Gasteiger partial charge is 0.407 e. The number of nitrogens with zero attached hydrogens (tertiary/aromatic N) is 1. The summed E-state index contributed by atoms with van der Waals surface area (Å²) in [6, 6.07) is 29.1. The Hall–Kier alpha value is -4.00. The van der Waals surface area contributed by atoms with Crippen LogP contribution in [0.2, 0.25) is 0 Å². The van der Waals surface area contributed by atoms with E-state index in [1.165, 1.54) is 0 Å². The summed E-state index contributed by atoms with van der Waals surface area (Å²) in [6.07, 6.45) is -1.25. The van der Waals surface area contributed by atoms with Crippen molar-refractivity contribution < 1.29 is 19.7 Å². The third-order valence-electron chi connectivity index (χ3n) is 6.38. The van der Waals surface area contributed by atoms with Gasteiger partial charge < -0.3 is 20.3 Å². The number of hydrogen-bond donors (Lipinski definition) is 3. The number of aliphatic hydroxyl groups is 2. The van der Waals surface area contributed by atoms with Crippen LogP contribution in [0.25, 0.3) is 22.4 Å². The maximum Gasteiger partial charge on any atom is 0.407 e. The van der Waals surface area contributed by atoms with Crippen LogP contribution in [0.1, 0.15) is 28.7 Å². The molecular formula is C29H26N2O4. The van der Waals surface area contributed by atoms with E-state index in [0.29, 0.717) is 5.56 Å². The van der Waals surface area contributed by atoms with Crippen molar-refractivity contribution in [1.29, 1.82) is 0 Å². The molecule has 5 rings (SSSR count).